The summed E-state index contributed by atoms with van der Waals surface area (Å²) >= 11 is 12.8. The first-order chi connectivity index (χ1) is 14.9. The van der Waals surface area contributed by atoms with E-state index in [0.29, 0.717) is 47.5 Å². The molecular formula is C23H23Cl2N4O2+. The second kappa shape index (κ2) is 8.73. The number of aromatic amines is 1. The van der Waals surface area contributed by atoms with Crippen molar-refractivity contribution in [3.8, 4) is 11.3 Å². The zero-order valence-corrected chi connectivity index (χ0v) is 18.9. The van der Waals surface area contributed by atoms with Crippen LogP contribution in [0.4, 0.5) is 11.4 Å². The normalized spacial score (nSPS) is 14.1. The van der Waals surface area contributed by atoms with E-state index in [1.54, 1.807) is 12.1 Å². The van der Waals surface area contributed by atoms with Crippen LogP contribution in [0.25, 0.3) is 11.3 Å². The van der Waals surface area contributed by atoms with Crippen molar-refractivity contribution in [1.29, 1.82) is 0 Å². The number of aromatic nitrogens is 1. The van der Waals surface area contributed by atoms with Crippen molar-refractivity contribution in [2.75, 3.05) is 38.1 Å². The Bertz CT molecular complexity index is 1150. The van der Waals surface area contributed by atoms with Gasteiger partial charge in [-0.3, -0.25) is 4.79 Å². The Kier molecular flexibility index (Phi) is 6.03. The molecule has 1 saturated heterocycles. The van der Waals surface area contributed by atoms with Gasteiger partial charge >= 0.3 is 0 Å². The molecule has 0 radical (unpaired) electrons. The molecule has 1 fully saturated rings. The van der Waals surface area contributed by atoms with Crippen LogP contribution in [-0.4, -0.2) is 53.8 Å². The number of hydrogen-bond acceptors (Lipinski definition) is 3. The van der Waals surface area contributed by atoms with Crippen LogP contribution >= 0.6 is 23.2 Å². The van der Waals surface area contributed by atoms with Gasteiger partial charge in [0.05, 0.1) is 22.0 Å². The molecule has 1 aromatic heterocycles. The lowest BCUT2D eigenvalue weighted by atomic mass is 10.0. The highest BCUT2D eigenvalue weighted by molar-refractivity contribution is 6.34. The number of nitrogens with zero attached hydrogens (tertiary/aromatic N) is 3. The number of amides is 1. The van der Waals surface area contributed by atoms with Gasteiger partial charge in [-0.15, -0.1) is 0 Å². The Morgan fingerprint density at radius 2 is 1.74 bits per heavy atom. The minimum absolute atomic E-state index is 0.0113. The van der Waals surface area contributed by atoms with E-state index >= 15 is 0 Å². The molecule has 31 heavy (non-hydrogen) atoms. The van der Waals surface area contributed by atoms with Gasteiger partial charge in [0.1, 0.15) is 0 Å². The molecule has 0 atom stereocenters. The third-order valence-corrected chi connectivity index (χ3v) is 6.27. The van der Waals surface area contributed by atoms with Crippen molar-refractivity contribution in [2.45, 2.75) is 6.92 Å². The first-order valence-corrected chi connectivity index (χ1v) is 10.8. The van der Waals surface area contributed by atoms with Crippen LogP contribution < -0.4 is 4.90 Å². The summed E-state index contributed by atoms with van der Waals surface area (Å²) in [5, 5.41) is 1.13. The average molecular weight is 458 g/mol. The summed E-state index contributed by atoms with van der Waals surface area (Å²) in [6, 6.07) is 12.8. The maximum Gasteiger partial charge on any atom is 0.257 e. The van der Waals surface area contributed by atoms with Gasteiger partial charge in [-0.05, 0) is 24.6 Å². The molecule has 0 saturated carbocycles. The number of nitrogens with one attached hydrogen (secondary N) is 1. The maximum absolute atomic E-state index is 13.4. The summed E-state index contributed by atoms with van der Waals surface area (Å²) in [6.07, 6.45) is 1.84. The molecule has 0 spiro atoms. The quantitative estimate of drug-likeness (QED) is 0.540. The molecule has 8 heteroatoms. The summed E-state index contributed by atoms with van der Waals surface area (Å²) in [6.45, 7) is 4.39. The molecule has 0 bridgehead atoms. The number of rotatable bonds is 4. The van der Waals surface area contributed by atoms with E-state index in [1.807, 2.05) is 48.4 Å². The molecule has 0 aliphatic carbocycles. The van der Waals surface area contributed by atoms with Crippen LogP contribution in [0.2, 0.25) is 10.0 Å². The predicted molar refractivity (Wildman–Crippen MR) is 125 cm³/mol. The van der Waals surface area contributed by atoms with Crippen LogP contribution in [0.15, 0.2) is 48.7 Å². The number of anilines is 1. The molecule has 4 rings (SSSR count). The third-order valence-electron chi connectivity index (χ3n) is 5.64. The van der Waals surface area contributed by atoms with E-state index in [0.717, 1.165) is 27.3 Å². The molecule has 160 valence electrons. The van der Waals surface area contributed by atoms with Gasteiger partial charge < -0.3 is 14.8 Å². The van der Waals surface area contributed by atoms with Crippen molar-refractivity contribution >= 4 is 40.5 Å². The number of aryl methyl sites for hydroxylation is 1. The summed E-state index contributed by atoms with van der Waals surface area (Å²) in [4.78, 5) is 32.1. The molecule has 3 aromatic rings. The summed E-state index contributed by atoms with van der Waals surface area (Å²) in [7, 11) is 1.44. The molecule has 0 unspecified atom stereocenters. The van der Waals surface area contributed by atoms with E-state index in [4.69, 9.17) is 23.2 Å². The van der Waals surface area contributed by atoms with Crippen molar-refractivity contribution in [3.05, 3.63) is 74.7 Å². The highest BCUT2D eigenvalue weighted by Gasteiger charge is 2.28. The summed E-state index contributed by atoms with van der Waals surface area (Å²) < 4.78 is 0.780. The molecule has 6 nitrogen and oxygen atoms in total. The van der Waals surface area contributed by atoms with E-state index < -0.39 is 0 Å². The van der Waals surface area contributed by atoms with Crippen LogP contribution in [0.5, 0.6) is 0 Å². The molecule has 2 heterocycles. The Labute approximate surface area is 190 Å². The van der Waals surface area contributed by atoms with Crippen molar-refractivity contribution in [2.24, 2.45) is 0 Å². The second-order valence-electron chi connectivity index (χ2n) is 7.61. The van der Waals surface area contributed by atoms with Crippen LogP contribution in [-0.2, 0) is 0 Å². The fraction of sp³-hybridized carbons (Fsp3) is 0.261. The van der Waals surface area contributed by atoms with Gasteiger partial charge in [0.25, 0.3) is 11.6 Å². The third kappa shape index (κ3) is 4.18. The van der Waals surface area contributed by atoms with E-state index in [9.17, 15) is 9.70 Å². The zero-order valence-electron chi connectivity index (χ0n) is 17.4. The molecule has 1 aliphatic heterocycles. The fourth-order valence-electron chi connectivity index (χ4n) is 3.93. The van der Waals surface area contributed by atoms with Crippen molar-refractivity contribution in [3.63, 3.8) is 0 Å². The van der Waals surface area contributed by atoms with Gasteiger partial charge in [0.2, 0.25) is 0 Å². The first kappa shape index (κ1) is 21.4. The fourth-order valence-corrected chi connectivity index (χ4v) is 4.46. The van der Waals surface area contributed by atoms with Crippen LogP contribution in [0.1, 0.15) is 15.9 Å². The Balaban J connectivity index is 1.52. The van der Waals surface area contributed by atoms with E-state index in [2.05, 4.69) is 9.88 Å². The van der Waals surface area contributed by atoms with E-state index in [1.165, 1.54) is 7.05 Å². The Morgan fingerprint density at radius 3 is 2.39 bits per heavy atom. The SMILES string of the molecule is Cc1c[nH]c(-c2ccccc2Cl)c1C(=O)N1CCN(c2ccc([N+](C)=O)cc2Cl)CC1. The van der Waals surface area contributed by atoms with Crippen LogP contribution in [0, 0.1) is 11.8 Å². The second-order valence-corrected chi connectivity index (χ2v) is 8.43. The molecule has 1 aliphatic rings. The maximum atomic E-state index is 13.4. The lowest BCUT2D eigenvalue weighted by Crippen LogP contribution is -2.49. The van der Waals surface area contributed by atoms with Gasteiger partial charge in [-0.25, -0.2) is 0 Å². The number of hydrogen-bond donors (Lipinski definition) is 1. The van der Waals surface area contributed by atoms with Gasteiger partial charge in [0.15, 0.2) is 7.05 Å². The highest BCUT2D eigenvalue weighted by atomic mass is 35.5. The largest absolute Gasteiger partial charge is 0.367 e. The van der Waals surface area contributed by atoms with Gasteiger partial charge in [-0.1, -0.05) is 41.4 Å². The number of carbonyl (C=O) groups is 1. The zero-order chi connectivity index (χ0) is 22.1. The van der Waals surface area contributed by atoms with Crippen molar-refractivity contribution < 1.29 is 9.55 Å². The monoisotopic (exact) mass is 457 g/mol. The average Bonchev–Trinajstić information content (AvgIpc) is 3.14. The predicted octanol–water partition coefficient (Wildman–Crippen LogP) is 5.30. The molecule has 1 N–H and O–H groups in total. The minimum atomic E-state index is -0.0113. The smallest absolute Gasteiger partial charge is 0.257 e. The number of H-pyrrole nitrogens is 1. The first-order valence-electron chi connectivity index (χ1n) is 10.0. The number of carbonyl (C=O) groups excluding carboxylic acids is 1. The number of nitroso groups, excluding NO2 is 1. The topological polar surface area (TPSA) is 59.4 Å². The number of halogens is 2. The Morgan fingerprint density at radius 1 is 1.03 bits per heavy atom. The van der Waals surface area contributed by atoms with Gasteiger partial charge in [-0.2, -0.15) is 0 Å². The lowest BCUT2D eigenvalue weighted by Gasteiger charge is -2.36. The highest BCUT2D eigenvalue weighted by Crippen LogP contribution is 2.33. The van der Waals surface area contributed by atoms with E-state index in [-0.39, 0.29) is 5.91 Å². The lowest BCUT2D eigenvalue weighted by molar-refractivity contribution is -0.428. The number of benzene rings is 2. The molecular weight excluding hydrogens is 435 g/mol. The van der Waals surface area contributed by atoms with Crippen LogP contribution in [0.3, 0.4) is 0 Å². The molecule has 2 aromatic carbocycles. The molecule has 1 amide bonds. The Hall–Kier alpha value is -2.83. The summed E-state index contributed by atoms with van der Waals surface area (Å²) in [5.41, 5.74) is 4.49. The standard InChI is InChI=1S/C23H22Cl2N4O2/c1-15-14-26-22(17-5-3-4-6-18(17)24)21(15)23(30)29-11-9-28(10-12-29)20-8-7-16(27(2)31)13-19(20)25/h3-8,13-14H,9-12H2,1-2H3/p+1. The van der Waals surface area contributed by atoms with Gasteiger partial charge in [0, 0.05) is 64.8 Å². The minimum Gasteiger partial charge on any atom is -0.367 e. The van der Waals surface area contributed by atoms with Crippen molar-refractivity contribution in [1.82, 2.24) is 9.88 Å². The summed E-state index contributed by atoms with van der Waals surface area (Å²) in [5.74, 6) is -0.0113. The number of piperazine rings is 1.